The first-order valence-corrected chi connectivity index (χ1v) is 8.70. The van der Waals surface area contributed by atoms with Crippen molar-refractivity contribution in [2.75, 3.05) is 13.1 Å². The van der Waals surface area contributed by atoms with Gasteiger partial charge in [0.1, 0.15) is 5.82 Å². The van der Waals surface area contributed by atoms with Crippen molar-refractivity contribution in [3.63, 3.8) is 0 Å². The molecule has 2 rings (SSSR count). The standard InChI is InChI=1S/C15H22FNO3S/c1-11-4-3-6-17(7-5-11)21(19,20)15-9-13(10-18)8-14(16)12(15)2/h8-9,11,18H,3-7,10H2,1-2H3. The number of sulfonamides is 1. The highest BCUT2D eigenvalue weighted by atomic mass is 32.2. The molecule has 0 aliphatic carbocycles. The van der Waals surface area contributed by atoms with E-state index in [-0.39, 0.29) is 22.6 Å². The van der Waals surface area contributed by atoms with Gasteiger partial charge in [-0.25, -0.2) is 12.8 Å². The number of benzene rings is 1. The van der Waals surface area contributed by atoms with Gasteiger partial charge in [-0.2, -0.15) is 4.31 Å². The minimum Gasteiger partial charge on any atom is -0.392 e. The lowest BCUT2D eigenvalue weighted by atomic mass is 10.0. The molecule has 1 aromatic rings. The molecule has 1 unspecified atom stereocenters. The van der Waals surface area contributed by atoms with Crippen molar-refractivity contribution in [3.05, 3.63) is 29.1 Å². The minimum absolute atomic E-state index is 0.0268. The molecule has 4 nitrogen and oxygen atoms in total. The Morgan fingerprint density at radius 3 is 2.71 bits per heavy atom. The van der Waals surface area contributed by atoms with Crippen LogP contribution in [0.3, 0.4) is 0 Å². The van der Waals surface area contributed by atoms with Gasteiger partial charge < -0.3 is 5.11 Å². The molecule has 1 fully saturated rings. The smallest absolute Gasteiger partial charge is 0.243 e. The molecule has 0 amide bonds. The Balaban J connectivity index is 2.41. The summed E-state index contributed by atoms with van der Waals surface area (Å²) in [6.07, 6.45) is 2.65. The molecular weight excluding hydrogens is 293 g/mol. The number of aliphatic hydroxyl groups excluding tert-OH is 1. The third-order valence-electron chi connectivity index (χ3n) is 4.13. The molecule has 0 spiro atoms. The molecule has 0 saturated carbocycles. The van der Waals surface area contributed by atoms with E-state index in [0.717, 1.165) is 19.3 Å². The summed E-state index contributed by atoms with van der Waals surface area (Å²) in [6, 6.07) is 2.56. The van der Waals surface area contributed by atoms with Crippen LogP contribution in [0.1, 0.15) is 37.3 Å². The molecule has 6 heteroatoms. The second-order valence-electron chi connectivity index (χ2n) is 5.80. The monoisotopic (exact) mass is 315 g/mol. The number of hydrogen-bond donors (Lipinski definition) is 1. The highest BCUT2D eigenvalue weighted by molar-refractivity contribution is 7.89. The average molecular weight is 315 g/mol. The summed E-state index contributed by atoms with van der Waals surface area (Å²) in [5, 5.41) is 9.16. The van der Waals surface area contributed by atoms with E-state index in [1.54, 1.807) is 0 Å². The van der Waals surface area contributed by atoms with Crippen molar-refractivity contribution in [1.29, 1.82) is 0 Å². The number of hydrogen-bond acceptors (Lipinski definition) is 3. The van der Waals surface area contributed by atoms with Crippen molar-refractivity contribution in [1.82, 2.24) is 4.31 Å². The molecule has 1 aliphatic rings. The summed E-state index contributed by atoms with van der Waals surface area (Å²) < 4.78 is 40.8. The van der Waals surface area contributed by atoms with Crippen LogP contribution in [-0.2, 0) is 16.6 Å². The Morgan fingerprint density at radius 2 is 2.05 bits per heavy atom. The number of rotatable bonds is 3. The molecule has 1 N–H and O–H groups in total. The minimum atomic E-state index is -3.71. The topological polar surface area (TPSA) is 57.6 Å². The van der Waals surface area contributed by atoms with E-state index >= 15 is 0 Å². The fourth-order valence-corrected chi connectivity index (χ4v) is 4.46. The molecule has 0 radical (unpaired) electrons. The zero-order valence-corrected chi connectivity index (χ0v) is 13.3. The van der Waals surface area contributed by atoms with E-state index in [4.69, 9.17) is 5.11 Å². The quantitative estimate of drug-likeness (QED) is 0.932. The Labute approximate surface area is 125 Å². The fraction of sp³-hybridized carbons (Fsp3) is 0.600. The van der Waals surface area contributed by atoms with E-state index < -0.39 is 15.8 Å². The van der Waals surface area contributed by atoms with Crippen molar-refractivity contribution in [3.8, 4) is 0 Å². The molecule has 1 atom stereocenters. The summed E-state index contributed by atoms with van der Waals surface area (Å²) in [5.41, 5.74) is 0.393. The third kappa shape index (κ3) is 3.44. The van der Waals surface area contributed by atoms with Crippen LogP contribution in [0.25, 0.3) is 0 Å². The molecule has 0 aromatic heterocycles. The lowest BCUT2D eigenvalue weighted by Gasteiger charge is -2.22. The van der Waals surface area contributed by atoms with Crippen LogP contribution in [-0.4, -0.2) is 30.9 Å². The van der Waals surface area contributed by atoms with E-state index in [2.05, 4.69) is 6.92 Å². The predicted octanol–water partition coefficient (Wildman–Crippen LogP) is 2.44. The normalized spacial score (nSPS) is 21.2. The van der Waals surface area contributed by atoms with Gasteiger partial charge in [-0.15, -0.1) is 0 Å². The van der Waals surface area contributed by atoms with E-state index in [9.17, 15) is 12.8 Å². The average Bonchev–Trinajstić information content (AvgIpc) is 2.66. The maximum Gasteiger partial charge on any atom is 0.243 e. The summed E-state index contributed by atoms with van der Waals surface area (Å²) in [4.78, 5) is -0.0268. The van der Waals surface area contributed by atoms with Crippen LogP contribution in [0.2, 0.25) is 0 Å². The van der Waals surface area contributed by atoms with Gasteiger partial charge in [0, 0.05) is 18.7 Å². The molecule has 118 valence electrons. The van der Waals surface area contributed by atoms with Gasteiger partial charge in [-0.3, -0.25) is 0 Å². The van der Waals surface area contributed by atoms with Crippen LogP contribution in [0.4, 0.5) is 4.39 Å². The van der Waals surface area contributed by atoms with Gasteiger partial charge in [-0.05, 0) is 49.8 Å². The maximum atomic E-state index is 13.9. The zero-order chi connectivity index (χ0) is 15.6. The van der Waals surface area contributed by atoms with Gasteiger partial charge in [0.15, 0.2) is 0 Å². The predicted molar refractivity (Wildman–Crippen MR) is 78.8 cm³/mol. The Kier molecular flexibility index (Phi) is 5.01. The van der Waals surface area contributed by atoms with Gasteiger partial charge in [0.2, 0.25) is 10.0 Å². The first-order chi connectivity index (χ1) is 9.86. The second-order valence-corrected chi connectivity index (χ2v) is 7.71. The van der Waals surface area contributed by atoms with Gasteiger partial charge in [0.25, 0.3) is 0 Å². The Morgan fingerprint density at radius 1 is 1.33 bits per heavy atom. The summed E-state index contributed by atoms with van der Waals surface area (Å²) in [6.45, 7) is 4.14. The van der Waals surface area contributed by atoms with Crippen LogP contribution in [0, 0.1) is 18.7 Å². The summed E-state index contributed by atoms with van der Waals surface area (Å²) in [7, 11) is -3.71. The van der Waals surface area contributed by atoms with Crippen LogP contribution < -0.4 is 0 Å². The summed E-state index contributed by atoms with van der Waals surface area (Å²) in [5.74, 6) is -0.0878. The lowest BCUT2D eigenvalue weighted by molar-refractivity contribution is 0.280. The zero-order valence-electron chi connectivity index (χ0n) is 12.5. The van der Waals surface area contributed by atoms with Crippen molar-refractivity contribution >= 4 is 10.0 Å². The second kappa shape index (κ2) is 6.42. The van der Waals surface area contributed by atoms with E-state index in [1.165, 1.54) is 23.4 Å². The SMILES string of the molecule is Cc1c(F)cc(CO)cc1S(=O)(=O)N1CCCC(C)CC1. The van der Waals surface area contributed by atoms with E-state index in [0.29, 0.717) is 19.0 Å². The third-order valence-corrected chi connectivity index (χ3v) is 6.16. The lowest BCUT2D eigenvalue weighted by Crippen LogP contribution is -2.32. The first-order valence-electron chi connectivity index (χ1n) is 7.26. The van der Waals surface area contributed by atoms with Crippen LogP contribution in [0.15, 0.2) is 17.0 Å². The number of aliphatic hydroxyl groups is 1. The molecule has 0 bridgehead atoms. The molecule has 1 heterocycles. The van der Waals surface area contributed by atoms with E-state index in [1.807, 2.05) is 0 Å². The van der Waals surface area contributed by atoms with Crippen LogP contribution in [0.5, 0.6) is 0 Å². The molecule has 1 aliphatic heterocycles. The highest BCUT2D eigenvalue weighted by Gasteiger charge is 2.29. The van der Waals surface area contributed by atoms with Crippen LogP contribution >= 0.6 is 0 Å². The van der Waals surface area contributed by atoms with Crippen molar-refractivity contribution < 1.29 is 17.9 Å². The first kappa shape index (κ1) is 16.4. The highest BCUT2D eigenvalue weighted by Crippen LogP contribution is 2.27. The number of halogens is 1. The molecule has 1 saturated heterocycles. The van der Waals surface area contributed by atoms with Gasteiger partial charge in [-0.1, -0.05) is 6.92 Å². The Hall–Kier alpha value is -0.980. The molecule has 21 heavy (non-hydrogen) atoms. The molecule has 1 aromatic carbocycles. The van der Waals surface area contributed by atoms with Crippen molar-refractivity contribution in [2.24, 2.45) is 5.92 Å². The summed E-state index contributed by atoms with van der Waals surface area (Å²) >= 11 is 0. The van der Waals surface area contributed by atoms with Gasteiger partial charge in [0.05, 0.1) is 11.5 Å². The fourth-order valence-electron chi connectivity index (χ4n) is 2.68. The Bertz CT molecular complexity index is 616. The van der Waals surface area contributed by atoms with Gasteiger partial charge >= 0.3 is 0 Å². The largest absolute Gasteiger partial charge is 0.392 e. The van der Waals surface area contributed by atoms with Crippen molar-refractivity contribution in [2.45, 2.75) is 44.6 Å². The molecular formula is C15H22FNO3S. The maximum absolute atomic E-state index is 13.9. The number of nitrogens with zero attached hydrogens (tertiary/aromatic N) is 1.